The Hall–Kier alpha value is -2.68. The van der Waals surface area contributed by atoms with Crippen LogP contribution in [0.3, 0.4) is 0 Å². The summed E-state index contributed by atoms with van der Waals surface area (Å²) in [5.41, 5.74) is -0.449. The molecule has 3 amide bonds. The molecule has 1 N–H and O–H groups in total. The Bertz CT molecular complexity index is 655. The minimum Gasteiger partial charge on any atom is -0.336 e. The molecule has 0 aromatic heterocycles. The van der Waals surface area contributed by atoms with E-state index in [4.69, 9.17) is 0 Å². The van der Waals surface area contributed by atoms with Crippen LogP contribution in [0.4, 0.5) is 0 Å². The number of nitriles is 1. The van der Waals surface area contributed by atoms with Gasteiger partial charge in [0.1, 0.15) is 12.1 Å². The predicted molar refractivity (Wildman–Crippen MR) is 78.8 cm³/mol. The average molecular weight is 299 g/mol. The minimum atomic E-state index is -1.05. The summed E-state index contributed by atoms with van der Waals surface area (Å²) in [4.78, 5) is 37.4. The maximum atomic E-state index is 12.2. The zero-order chi connectivity index (χ0) is 16.5. The summed E-state index contributed by atoms with van der Waals surface area (Å²) in [5, 5.41) is 11.8. The molecule has 0 spiro atoms. The van der Waals surface area contributed by atoms with E-state index in [-0.39, 0.29) is 5.92 Å². The van der Waals surface area contributed by atoms with E-state index in [2.05, 4.69) is 11.4 Å². The fourth-order valence-corrected chi connectivity index (χ4v) is 2.16. The third-order valence-electron chi connectivity index (χ3n) is 3.97. The predicted octanol–water partition coefficient (Wildman–Crippen LogP) is 1.34. The lowest BCUT2D eigenvalue weighted by atomic mass is 9.90. The van der Waals surface area contributed by atoms with Crippen LogP contribution in [0, 0.1) is 17.2 Å². The normalized spacial score (nSPS) is 16.2. The molecular formula is C16H17N3O3. The van der Waals surface area contributed by atoms with Crippen molar-refractivity contribution in [3.8, 4) is 6.07 Å². The van der Waals surface area contributed by atoms with Crippen molar-refractivity contribution in [3.63, 3.8) is 0 Å². The first kappa shape index (κ1) is 15.7. The summed E-state index contributed by atoms with van der Waals surface area (Å²) in [6.45, 7) is 4.84. The van der Waals surface area contributed by atoms with Gasteiger partial charge in [0.05, 0.1) is 17.2 Å². The smallest absolute Gasteiger partial charge is 0.262 e. The van der Waals surface area contributed by atoms with Gasteiger partial charge in [0.2, 0.25) is 5.91 Å². The molecule has 1 atom stereocenters. The van der Waals surface area contributed by atoms with E-state index in [1.165, 1.54) is 0 Å². The highest BCUT2D eigenvalue weighted by atomic mass is 16.2. The Kier molecular flexibility index (Phi) is 4.00. The number of benzene rings is 1. The fourth-order valence-electron chi connectivity index (χ4n) is 2.16. The van der Waals surface area contributed by atoms with Crippen molar-refractivity contribution in [2.24, 2.45) is 5.92 Å². The van der Waals surface area contributed by atoms with Gasteiger partial charge in [-0.25, -0.2) is 0 Å². The summed E-state index contributed by atoms with van der Waals surface area (Å²) in [6.07, 6.45) is 0. The highest BCUT2D eigenvalue weighted by molar-refractivity contribution is 6.22. The standard InChI is InChI=1S/C16H17N3O3/c1-10(2)16(3,9-17)18-13(20)8-19-14(21)11-6-4-5-7-12(11)15(19)22/h4-7,10H,8H2,1-3H3,(H,18,20). The van der Waals surface area contributed by atoms with Gasteiger partial charge in [-0.3, -0.25) is 19.3 Å². The van der Waals surface area contributed by atoms with Crippen LogP contribution in [0.25, 0.3) is 0 Å². The summed E-state index contributed by atoms with van der Waals surface area (Å²) < 4.78 is 0. The average Bonchev–Trinajstić information content (AvgIpc) is 2.72. The molecule has 1 aromatic rings. The molecule has 1 unspecified atom stereocenters. The van der Waals surface area contributed by atoms with Crippen molar-refractivity contribution >= 4 is 17.7 Å². The quantitative estimate of drug-likeness (QED) is 0.849. The van der Waals surface area contributed by atoms with Crippen LogP contribution in [0.2, 0.25) is 0 Å². The van der Waals surface area contributed by atoms with Gasteiger partial charge in [-0.1, -0.05) is 26.0 Å². The Morgan fingerprint density at radius 3 is 2.18 bits per heavy atom. The van der Waals surface area contributed by atoms with Crippen LogP contribution in [0.5, 0.6) is 0 Å². The van der Waals surface area contributed by atoms with Gasteiger partial charge in [0, 0.05) is 0 Å². The third kappa shape index (κ3) is 2.58. The second-order valence-electron chi connectivity index (χ2n) is 5.76. The summed E-state index contributed by atoms with van der Waals surface area (Å²) in [6, 6.07) is 8.50. The van der Waals surface area contributed by atoms with E-state index < -0.39 is 29.8 Å². The highest BCUT2D eigenvalue weighted by Gasteiger charge is 2.38. The first-order valence-corrected chi connectivity index (χ1v) is 6.97. The van der Waals surface area contributed by atoms with Gasteiger partial charge in [-0.05, 0) is 25.0 Å². The lowest BCUT2D eigenvalue weighted by Crippen LogP contribution is -2.52. The summed E-state index contributed by atoms with van der Waals surface area (Å²) in [5.74, 6) is -1.62. The monoisotopic (exact) mass is 299 g/mol. The molecule has 114 valence electrons. The van der Waals surface area contributed by atoms with Crippen molar-refractivity contribution in [2.75, 3.05) is 6.54 Å². The number of nitrogens with zero attached hydrogens (tertiary/aromatic N) is 2. The molecule has 2 rings (SSSR count). The Balaban J connectivity index is 2.13. The second-order valence-corrected chi connectivity index (χ2v) is 5.76. The lowest BCUT2D eigenvalue weighted by Gasteiger charge is -2.28. The lowest BCUT2D eigenvalue weighted by molar-refractivity contribution is -0.123. The summed E-state index contributed by atoms with van der Waals surface area (Å²) in [7, 11) is 0. The van der Waals surface area contributed by atoms with Crippen LogP contribution in [-0.4, -0.2) is 34.7 Å². The number of carbonyl (C=O) groups is 3. The van der Waals surface area contributed by atoms with E-state index in [1.54, 1.807) is 31.2 Å². The molecule has 0 bridgehead atoms. The molecule has 22 heavy (non-hydrogen) atoms. The maximum absolute atomic E-state index is 12.2. The number of imide groups is 1. The Morgan fingerprint density at radius 2 is 1.77 bits per heavy atom. The van der Waals surface area contributed by atoms with Crippen LogP contribution >= 0.6 is 0 Å². The number of amides is 3. The van der Waals surface area contributed by atoms with Crippen molar-refractivity contribution in [2.45, 2.75) is 26.3 Å². The highest BCUT2D eigenvalue weighted by Crippen LogP contribution is 2.22. The number of hydrogen-bond donors (Lipinski definition) is 1. The van der Waals surface area contributed by atoms with Crippen molar-refractivity contribution in [1.82, 2.24) is 10.2 Å². The molecule has 0 fully saturated rings. The molecule has 0 saturated carbocycles. The van der Waals surface area contributed by atoms with Crippen molar-refractivity contribution < 1.29 is 14.4 Å². The van der Waals surface area contributed by atoms with Gasteiger partial charge in [-0.15, -0.1) is 0 Å². The van der Waals surface area contributed by atoms with Gasteiger partial charge < -0.3 is 5.32 Å². The van der Waals surface area contributed by atoms with Crippen LogP contribution in [0.1, 0.15) is 41.5 Å². The molecule has 6 nitrogen and oxygen atoms in total. The molecule has 0 saturated heterocycles. The first-order chi connectivity index (χ1) is 10.3. The second kappa shape index (κ2) is 5.60. The largest absolute Gasteiger partial charge is 0.336 e. The van der Waals surface area contributed by atoms with Crippen molar-refractivity contribution in [1.29, 1.82) is 5.26 Å². The van der Waals surface area contributed by atoms with Gasteiger partial charge in [0.25, 0.3) is 11.8 Å². The van der Waals surface area contributed by atoms with Gasteiger partial charge >= 0.3 is 0 Å². The van der Waals surface area contributed by atoms with Crippen LogP contribution in [-0.2, 0) is 4.79 Å². The van der Waals surface area contributed by atoms with E-state index in [0.29, 0.717) is 11.1 Å². The van der Waals surface area contributed by atoms with Crippen LogP contribution < -0.4 is 5.32 Å². The molecule has 1 aromatic carbocycles. The number of rotatable bonds is 4. The zero-order valence-corrected chi connectivity index (χ0v) is 12.7. The molecule has 1 aliphatic rings. The van der Waals surface area contributed by atoms with E-state index in [9.17, 15) is 19.6 Å². The zero-order valence-electron chi connectivity index (χ0n) is 12.7. The van der Waals surface area contributed by atoms with Gasteiger partial charge in [-0.2, -0.15) is 5.26 Å². The van der Waals surface area contributed by atoms with Crippen molar-refractivity contribution in [3.05, 3.63) is 35.4 Å². The third-order valence-corrected chi connectivity index (χ3v) is 3.97. The molecule has 1 heterocycles. The topological polar surface area (TPSA) is 90.3 Å². The fraction of sp³-hybridized carbons (Fsp3) is 0.375. The molecular weight excluding hydrogens is 282 g/mol. The minimum absolute atomic E-state index is 0.108. The summed E-state index contributed by atoms with van der Waals surface area (Å²) >= 11 is 0. The molecule has 6 heteroatoms. The number of nitrogens with one attached hydrogen (secondary N) is 1. The van der Waals surface area contributed by atoms with E-state index in [1.807, 2.05) is 13.8 Å². The molecule has 0 radical (unpaired) electrons. The maximum Gasteiger partial charge on any atom is 0.262 e. The number of hydrogen-bond acceptors (Lipinski definition) is 4. The molecule has 1 aliphatic heterocycles. The Morgan fingerprint density at radius 1 is 1.27 bits per heavy atom. The van der Waals surface area contributed by atoms with Crippen LogP contribution in [0.15, 0.2) is 24.3 Å². The van der Waals surface area contributed by atoms with E-state index in [0.717, 1.165) is 4.90 Å². The van der Waals surface area contributed by atoms with E-state index >= 15 is 0 Å². The first-order valence-electron chi connectivity index (χ1n) is 6.97. The Labute approximate surface area is 128 Å². The van der Waals surface area contributed by atoms with Gasteiger partial charge in [0.15, 0.2) is 0 Å². The number of carbonyl (C=O) groups excluding carboxylic acids is 3. The SMILES string of the molecule is CC(C)C(C)(C#N)NC(=O)CN1C(=O)c2ccccc2C1=O. The number of fused-ring (bicyclic) bond motifs is 1. The molecule has 0 aliphatic carbocycles.